The number of hydrogen-bond acceptors (Lipinski definition) is 5. The monoisotopic (exact) mass is 377 g/mol. The van der Waals surface area contributed by atoms with E-state index in [-0.39, 0.29) is 10.6 Å². The molecule has 1 fully saturated rings. The van der Waals surface area contributed by atoms with E-state index in [9.17, 15) is 13.0 Å². The maximum absolute atomic E-state index is 11.5. The molecule has 6 nitrogen and oxygen atoms in total. The van der Waals surface area contributed by atoms with Gasteiger partial charge in [-0.25, -0.2) is 0 Å². The van der Waals surface area contributed by atoms with Gasteiger partial charge in [-0.2, -0.15) is 8.42 Å². The molecule has 7 heteroatoms. The summed E-state index contributed by atoms with van der Waals surface area (Å²) in [5.74, 6) is 1.28. The number of rotatable bonds is 7. The topological polar surface area (TPSA) is 76.1 Å². The first-order valence-electron chi connectivity index (χ1n) is 8.63. The zero-order valence-electron chi connectivity index (χ0n) is 14.7. The van der Waals surface area contributed by atoms with E-state index in [0.29, 0.717) is 17.9 Å². The lowest BCUT2D eigenvalue weighted by atomic mass is 10.2. The SMILES string of the molecule is Cc1ccc(Oc2ccc(OCCN3CCCC3)cc2)c(S(=O)(=O)O)c1. The number of ether oxygens (including phenoxy) is 2. The van der Waals surface area contributed by atoms with Crippen molar-refractivity contribution < 1.29 is 22.4 Å². The maximum atomic E-state index is 11.5. The van der Waals surface area contributed by atoms with Gasteiger partial charge < -0.3 is 9.47 Å². The van der Waals surface area contributed by atoms with Gasteiger partial charge in [0.2, 0.25) is 0 Å². The highest BCUT2D eigenvalue weighted by atomic mass is 32.2. The first-order chi connectivity index (χ1) is 12.4. The number of nitrogens with zero attached hydrogens (tertiary/aromatic N) is 1. The van der Waals surface area contributed by atoms with Crippen LogP contribution in [0.4, 0.5) is 0 Å². The molecule has 0 saturated carbocycles. The van der Waals surface area contributed by atoms with Crippen LogP contribution >= 0.6 is 0 Å². The predicted octanol–water partition coefficient (Wildman–Crippen LogP) is 3.51. The Bertz CT molecular complexity index is 843. The van der Waals surface area contributed by atoms with Gasteiger partial charge in [0.05, 0.1) is 0 Å². The molecule has 0 radical (unpaired) electrons. The van der Waals surface area contributed by atoms with Crippen molar-refractivity contribution in [1.82, 2.24) is 4.90 Å². The number of benzene rings is 2. The van der Waals surface area contributed by atoms with Crippen LogP contribution in [0.5, 0.6) is 17.2 Å². The van der Waals surface area contributed by atoms with Gasteiger partial charge in [0.1, 0.15) is 28.8 Å². The lowest BCUT2D eigenvalue weighted by Crippen LogP contribution is -2.25. The summed E-state index contributed by atoms with van der Waals surface area (Å²) in [5.41, 5.74) is 0.715. The third-order valence-corrected chi connectivity index (χ3v) is 5.18. The molecule has 2 aromatic carbocycles. The molecule has 140 valence electrons. The van der Waals surface area contributed by atoms with Gasteiger partial charge >= 0.3 is 0 Å². The van der Waals surface area contributed by atoms with Crippen LogP contribution in [-0.4, -0.2) is 44.1 Å². The van der Waals surface area contributed by atoms with Crippen LogP contribution in [0, 0.1) is 6.92 Å². The summed E-state index contributed by atoms with van der Waals surface area (Å²) in [4.78, 5) is 2.13. The quantitative estimate of drug-likeness (QED) is 0.744. The zero-order valence-corrected chi connectivity index (χ0v) is 15.5. The van der Waals surface area contributed by atoms with E-state index < -0.39 is 10.1 Å². The van der Waals surface area contributed by atoms with Crippen molar-refractivity contribution in [2.75, 3.05) is 26.2 Å². The Balaban J connectivity index is 1.62. The molecule has 1 saturated heterocycles. The molecule has 1 N–H and O–H groups in total. The van der Waals surface area contributed by atoms with E-state index in [2.05, 4.69) is 4.90 Å². The summed E-state index contributed by atoms with van der Waals surface area (Å²) in [6.07, 6.45) is 2.52. The first kappa shape index (κ1) is 18.7. The average molecular weight is 377 g/mol. The summed E-state index contributed by atoms with van der Waals surface area (Å²) in [7, 11) is -4.36. The smallest absolute Gasteiger partial charge is 0.298 e. The minimum Gasteiger partial charge on any atom is -0.492 e. The van der Waals surface area contributed by atoms with Crippen LogP contribution in [0.25, 0.3) is 0 Å². The normalized spacial score (nSPS) is 15.2. The predicted molar refractivity (Wildman–Crippen MR) is 98.7 cm³/mol. The Hall–Kier alpha value is -2.09. The Kier molecular flexibility index (Phi) is 5.80. The van der Waals surface area contributed by atoms with E-state index in [1.807, 2.05) is 0 Å². The van der Waals surface area contributed by atoms with Gasteiger partial charge in [-0.3, -0.25) is 9.45 Å². The first-order valence-corrected chi connectivity index (χ1v) is 10.1. The Morgan fingerprint density at radius 3 is 2.35 bits per heavy atom. The summed E-state index contributed by atoms with van der Waals surface area (Å²) < 4.78 is 43.8. The van der Waals surface area contributed by atoms with E-state index in [4.69, 9.17) is 9.47 Å². The standard InChI is InChI=1S/C19H23NO5S/c1-15-4-9-18(19(14-15)26(21,22)23)25-17-7-5-16(6-8-17)24-13-12-20-10-2-3-11-20/h4-9,14H,2-3,10-13H2,1H3,(H,21,22,23). The summed E-state index contributed by atoms with van der Waals surface area (Å²) in [6.45, 7) is 5.57. The molecule has 26 heavy (non-hydrogen) atoms. The Morgan fingerprint density at radius 1 is 1.04 bits per heavy atom. The third-order valence-electron chi connectivity index (χ3n) is 4.30. The second-order valence-electron chi connectivity index (χ2n) is 6.40. The molecular formula is C19H23NO5S. The second-order valence-corrected chi connectivity index (χ2v) is 7.79. The fraction of sp³-hybridized carbons (Fsp3) is 0.368. The number of likely N-dealkylation sites (tertiary alicyclic amines) is 1. The van der Waals surface area contributed by atoms with Crippen molar-refractivity contribution >= 4 is 10.1 Å². The summed E-state index contributed by atoms with van der Waals surface area (Å²) in [5, 5.41) is 0. The van der Waals surface area contributed by atoms with Crippen molar-refractivity contribution in [1.29, 1.82) is 0 Å². The van der Waals surface area contributed by atoms with Gasteiger partial charge in [0, 0.05) is 6.54 Å². The van der Waals surface area contributed by atoms with Crippen LogP contribution < -0.4 is 9.47 Å². The molecule has 1 aliphatic rings. The molecule has 0 amide bonds. The third kappa shape index (κ3) is 4.97. The van der Waals surface area contributed by atoms with Crippen molar-refractivity contribution in [3.8, 4) is 17.2 Å². The van der Waals surface area contributed by atoms with Crippen molar-refractivity contribution in [2.45, 2.75) is 24.7 Å². The fourth-order valence-electron chi connectivity index (χ4n) is 2.93. The molecule has 0 atom stereocenters. The fourth-order valence-corrected chi connectivity index (χ4v) is 3.63. The van der Waals surface area contributed by atoms with Crippen molar-refractivity contribution in [3.05, 3.63) is 48.0 Å². The minimum absolute atomic E-state index is 0.0841. The van der Waals surface area contributed by atoms with Crippen molar-refractivity contribution in [2.24, 2.45) is 0 Å². The average Bonchev–Trinajstić information content (AvgIpc) is 3.10. The van der Waals surface area contributed by atoms with E-state index in [1.165, 1.54) is 25.0 Å². The minimum atomic E-state index is -4.36. The molecular weight excluding hydrogens is 354 g/mol. The molecule has 0 bridgehead atoms. The van der Waals surface area contributed by atoms with Gasteiger partial charge in [0.25, 0.3) is 10.1 Å². The highest BCUT2D eigenvalue weighted by Gasteiger charge is 2.17. The van der Waals surface area contributed by atoms with Gasteiger partial charge in [-0.05, 0) is 74.8 Å². The second kappa shape index (κ2) is 8.07. The van der Waals surface area contributed by atoms with E-state index in [0.717, 1.165) is 25.4 Å². The van der Waals surface area contributed by atoms with E-state index in [1.54, 1.807) is 37.3 Å². The van der Waals surface area contributed by atoms with Crippen LogP contribution in [0.2, 0.25) is 0 Å². The molecule has 3 rings (SSSR count). The van der Waals surface area contributed by atoms with Crippen LogP contribution in [0.1, 0.15) is 18.4 Å². The summed E-state index contributed by atoms with van der Waals surface area (Å²) in [6, 6.07) is 11.6. The van der Waals surface area contributed by atoms with Gasteiger partial charge in [-0.15, -0.1) is 0 Å². The molecule has 2 aromatic rings. The molecule has 0 unspecified atom stereocenters. The Morgan fingerprint density at radius 2 is 1.69 bits per heavy atom. The Labute approximate surface area is 154 Å². The number of aryl methyl sites for hydroxylation is 1. The van der Waals surface area contributed by atoms with Crippen LogP contribution in [-0.2, 0) is 10.1 Å². The highest BCUT2D eigenvalue weighted by Crippen LogP contribution is 2.30. The molecule has 0 aromatic heterocycles. The molecule has 0 spiro atoms. The largest absolute Gasteiger partial charge is 0.492 e. The molecule has 1 aliphatic heterocycles. The van der Waals surface area contributed by atoms with Crippen LogP contribution in [0.3, 0.4) is 0 Å². The lowest BCUT2D eigenvalue weighted by Gasteiger charge is -2.15. The highest BCUT2D eigenvalue weighted by molar-refractivity contribution is 7.86. The van der Waals surface area contributed by atoms with Gasteiger partial charge in [0.15, 0.2) is 0 Å². The van der Waals surface area contributed by atoms with Crippen molar-refractivity contribution in [3.63, 3.8) is 0 Å². The zero-order chi connectivity index (χ0) is 18.6. The number of hydrogen-bond donors (Lipinski definition) is 1. The lowest BCUT2D eigenvalue weighted by molar-refractivity contribution is 0.237. The van der Waals surface area contributed by atoms with Crippen LogP contribution in [0.15, 0.2) is 47.4 Å². The maximum Gasteiger partial charge on any atom is 0.298 e. The molecule has 1 heterocycles. The summed E-state index contributed by atoms with van der Waals surface area (Å²) >= 11 is 0. The molecule has 0 aliphatic carbocycles. The van der Waals surface area contributed by atoms with E-state index >= 15 is 0 Å². The van der Waals surface area contributed by atoms with Gasteiger partial charge in [-0.1, -0.05) is 6.07 Å².